The number of halogens is 1. The maximum Gasteiger partial charge on any atom is 0.137 e. The van der Waals surface area contributed by atoms with E-state index in [9.17, 15) is 4.39 Å². The highest BCUT2D eigenvalue weighted by atomic mass is 32.1. The monoisotopic (exact) mass is 280 g/mol. The summed E-state index contributed by atoms with van der Waals surface area (Å²) in [5, 5.41) is 5.88. The zero-order valence-corrected chi connectivity index (χ0v) is 12.1. The molecule has 0 saturated carbocycles. The maximum atomic E-state index is 13.9. The molecule has 2 aromatic rings. The topological polar surface area (TPSA) is 34.1 Å². The lowest BCUT2D eigenvalue weighted by atomic mass is 10.2. The predicted octanol–water partition coefficient (Wildman–Crippen LogP) is 3.46. The second-order valence-corrected chi connectivity index (χ2v) is 5.35. The molecule has 0 radical (unpaired) electrons. The van der Waals surface area contributed by atoms with Crippen LogP contribution in [0.3, 0.4) is 0 Å². The van der Waals surface area contributed by atoms with Gasteiger partial charge in [-0.1, -0.05) is 19.9 Å². The predicted molar refractivity (Wildman–Crippen MR) is 76.0 cm³/mol. The van der Waals surface area contributed by atoms with E-state index in [2.05, 4.69) is 24.1 Å². The SMILES string of the molecule is COc1cccc(F)c1-c1nc(CNC(C)C)cs1. The molecule has 2 rings (SSSR count). The van der Waals surface area contributed by atoms with Crippen molar-refractivity contribution in [2.24, 2.45) is 0 Å². The number of aromatic nitrogens is 1. The molecule has 3 nitrogen and oxygen atoms in total. The summed E-state index contributed by atoms with van der Waals surface area (Å²) >= 11 is 1.43. The normalized spacial score (nSPS) is 11.0. The van der Waals surface area contributed by atoms with Crippen LogP contribution in [-0.4, -0.2) is 18.1 Å². The van der Waals surface area contributed by atoms with Gasteiger partial charge in [-0.3, -0.25) is 0 Å². The van der Waals surface area contributed by atoms with Gasteiger partial charge in [-0.05, 0) is 12.1 Å². The van der Waals surface area contributed by atoms with Crippen molar-refractivity contribution in [2.75, 3.05) is 7.11 Å². The van der Waals surface area contributed by atoms with Gasteiger partial charge in [-0.2, -0.15) is 0 Å². The highest BCUT2D eigenvalue weighted by Gasteiger charge is 2.15. The first-order chi connectivity index (χ1) is 9.11. The molecule has 1 heterocycles. The van der Waals surface area contributed by atoms with E-state index in [4.69, 9.17) is 4.74 Å². The summed E-state index contributed by atoms with van der Waals surface area (Å²) < 4.78 is 19.1. The second kappa shape index (κ2) is 6.12. The van der Waals surface area contributed by atoms with Crippen molar-refractivity contribution in [3.05, 3.63) is 35.1 Å². The van der Waals surface area contributed by atoms with Gasteiger partial charge < -0.3 is 10.1 Å². The molecule has 0 aliphatic heterocycles. The first-order valence-electron chi connectivity index (χ1n) is 6.12. The number of thiazole rings is 1. The number of hydrogen-bond acceptors (Lipinski definition) is 4. The van der Waals surface area contributed by atoms with Gasteiger partial charge in [0.25, 0.3) is 0 Å². The fourth-order valence-electron chi connectivity index (χ4n) is 1.69. The van der Waals surface area contributed by atoms with E-state index in [0.29, 0.717) is 28.9 Å². The van der Waals surface area contributed by atoms with Crippen LogP contribution in [0, 0.1) is 5.82 Å². The van der Waals surface area contributed by atoms with Crippen molar-refractivity contribution in [1.82, 2.24) is 10.3 Å². The summed E-state index contributed by atoms with van der Waals surface area (Å²) in [6.07, 6.45) is 0. The van der Waals surface area contributed by atoms with E-state index in [-0.39, 0.29) is 5.82 Å². The minimum atomic E-state index is -0.308. The summed E-state index contributed by atoms with van der Waals surface area (Å²) in [4.78, 5) is 4.46. The molecule has 0 aliphatic carbocycles. The number of methoxy groups -OCH3 is 1. The fourth-order valence-corrected chi connectivity index (χ4v) is 2.56. The van der Waals surface area contributed by atoms with E-state index >= 15 is 0 Å². The van der Waals surface area contributed by atoms with Crippen molar-refractivity contribution in [3.8, 4) is 16.3 Å². The largest absolute Gasteiger partial charge is 0.496 e. The highest BCUT2D eigenvalue weighted by molar-refractivity contribution is 7.13. The smallest absolute Gasteiger partial charge is 0.137 e. The van der Waals surface area contributed by atoms with E-state index in [1.807, 2.05) is 5.38 Å². The Hall–Kier alpha value is -1.46. The van der Waals surface area contributed by atoms with Crippen molar-refractivity contribution in [1.29, 1.82) is 0 Å². The van der Waals surface area contributed by atoms with E-state index < -0.39 is 0 Å². The highest BCUT2D eigenvalue weighted by Crippen LogP contribution is 2.34. The molecule has 0 aliphatic rings. The van der Waals surface area contributed by atoms with Gasteiger partial charge in [0.2, 0.25) is 0 Å². The van der Waals surface area contributed by atoms with E-state index in [1.54, 1.807) is 12.1 Å². The van der Waals surface area contributed by atoms with E-state index in [0.717, 1.165) is 5.69 Å². The fraction of sp³-hybridized carbons (Fsp3) is 0.357. The Morgan fingerprint density at radius 3 is 2.89 bits per heavy atom. The van der Waals surface area contributed by atoms with Gasteiger partial charge in [0, 0.05) is 18.0 Å². The number of hydrogen-bond donors (Lipinski definition) is 1. The average Bonchev–Trinajstić information content (AvgIpc) is 2.84. The molecule has 1 aromatic heterocycles. The third-order valence-electron chi connectivity index (χ3n) is 2.65. The van der Waals surface area contributed by atoms with Crippen LogP contribution in [-0.2, 0) is 6.54 Å². The van der Waals surface area contributed by atoms with Crippen LogP contribution in [0.5, 0.6) is 5.75 Å². The van der Waals surface area contributed by atoms with Gasteiger partial charge in [-0.25, -0.2) is 9.37 Å². The Bertz CT molecular complexity index is 554. The Morgan fingerprint density at radius 2 is 2.21 bits per heavy atom. The van der Waals surface area contributed by atoms with Gasteiger partial charge in [0.1, 0.15) is 16.6 Å². The standard InChI is InChI=1S/C14H17FN2OS/c1-9(2)16-7-10-8-19-14(17-10)13-11(15)5-4-6-12(13)18-3/h4-6,8-9,16H,7H2,1-3H3. The minimum absolute atomic E-state index is 0.308. The number of benzene rings is 1. The summed E-state index contributed by atoms with van der Waals surface area (Å²) in [7, 11) is 1.53. The van der Waals surface area contributed by atoms with Crippen molar-refractivity contribution in [2.45, 2.75) is 26.4 Å². The molecule has 0 fully saturated rings. The maximum absolute atomic E-state index is 13.9. The average molecular weight is 280 g/mol. The lowest BCUT2D eigenvalue weighted by Gasteiger charge is -2.07. The van der Waals surface area contributed by atoms with Gasteiger partial charge >= 0.3 is 0 Å². The third-order valence-corrected chi connectivity index (χ3v) is 3.56. The van der Waals surface area contributed by atoms with Crippen LogP contribution >= 0.6 is 11.3 Å². The van der Waals surface area contributed by atoms with Crippen LogP contribution < -0.4 is 10.1 Å². The molecule has 0 amide bonds. The molecule has 0 spiro atoms. The van der Waals surface area contributed by atoms with Crippen LogP contribution in [0.25, 0.3) is 10.6 Å². The van der Waals surface area contributed by atoms with Crippen molar-refractivity contribution < 1.29 is 9.13 Å². The number of ether oxygens (including phenoxy) is 1. The van der Waals surface area contributed by atoms with Crippen molar-refractivity contribution >= 4 is 11.3 Å². The third kappa shape index (κ3) is 3.30. The summed E-state index contributed by atoms with van der Waals surface area (Å²) in [6, 6.07) is 5.19. The van der Waals surface area contributed by atoms with Crippen LogP contribution in [0.2, 0.25) is 0 Å². The van der Waals surface area contributed by atoms with E-state index in [1.165, 1.54) is 24.5 Å². The molecule has 1 aromatic carbocycles. The lowest BCUT2D eigenvalue weighted by Crippen LogP contribution is -2.21. The lowest BCUT2D eigenvalue weighted by molar-refractivity contribution is 0.413. The Morgan fingerprint density at radius 1 is 1.42 bits per heavy atom. The number of nitrogens with one attached hydrogen (secondary N) is 1. The molecule has 0 unspecified atom stereocenters. The second-order valence-electron chi connectivity index (χ2n) is 4.50. The Labute approximate surface area is 116 Å². The molecule has 0 bridgehead atoms. The first-order valence-corrected chi connectivity index (χ1v) is 7.00. The quantitative estimate of drug-likeness (QED) is 0.910. The molecule has 19 heavy (non-hydrogen) atoms. The zero-order valence-electron chi connectivity index (χ0n) is 11.2. The van der Waals surface area contributed by atoms with Crippen molar-refractivity contribution in [3.63, 3.8) is 0 Å². The first kappa shape index (κ1) is 14.0. The number of rotatable bonds is 5. The summed E-state index contributed by atoms with van der Waals surface area (Å²) in [6.45, 7) is 4.84. The van der Waals surface area contributed by atoms with Crippen LogP contribution in [0.15, 0.2) is 23.6 Å². The molecular weight excluding hydrogens is 263 g/mol. The molecule has 0 atom stereocenters. The minimum Gasteiger partial charge on any atom is -0.496 e. The molecule has 5 heteroatoms. The Balaban J connectivity index is 2.28. The van der Waals surface area contributed by atoms with Gasteiger partial charge in [-0.15, -0.1) is 11.3 Å². The number of nitrogens with zero attached hydrogens (tertiary/aromatic N) is 1. The Kier molecular flexibility index (Phi) is 4.50. The molecular formula is C14H17FN2OS. The molecule has 0 saturated heterocycles. The molecule has 1 N–H and O–H groups in total. The zero-order chi connectivity index (χ0) is 13.8. The van der Waals surface area contributed by atoms with Gasteiger partial charge in [0.05, 0.1) is 18.4 Å². The van der Waals surface area contributed by atoms with Crippen LogP contribution in [0.1, 0.15) is 19.5 Å². The van der Waals surface area contributed by atoms with Crippen LogP contribution in [0.4, 0.5) is 4.39 Å². The van der Waals surface area contributed by atoms with Gasteiger partial charge in [0.15, 0.2) is 0 Å². The molecule has 102 valence electrons. The summed E-state index contributed by atoms with van der Waals surface area (Å²) in [5.74, 6) is 0.204. The summed E-state index contributed by atoms with van der Waals surface area (Å²) in [5.41, 5.74) is 1.35.